The number of thiophene rings is 1. The first-order valence-electron chi connectivity index (χ1n) is 10.6. The van der Waals surface area contributed by atoms with Crippen LogP contribution in [-0.2, 0) is 12.7 Å². The predicted octanol–water partition coefficient (Wildman–Crippen LogP) is 5.09. The summed E-state index contributed by atoms with van der Waals surface area (Å²) in [7, 11) is 0. The number of carbonyl (C=O) groups excluding carboxylic acids is 1. The number of rotatable bonds is 4. The topological polar surface area (TPSA) is 53.7 Å². The average molecular weight is 506 g/mol. The summed E-state index contributed by atoms with van der Waals surface area (Å²) in [6.45, 7) is 2.89. The Kier molecular flexibility index (Phi) is 6.05. The maximum Gasteiger partial charge on any atom is 0.433 e. The third-order valence-electron chi connectivity index (χ3n) is 5.67. The summed E-state index contributed by atoms with van der Waals surface area (Å²) in [5, 5.41) is 6.43. The van der Waals surface area contributed by atoms with Gasteiger partial charge in [0.2, 0.25) is 0 Å². The molecule has 0 aliphatic carbocycles. The zero-order chi connectivity index (χ0) is 23.9. The molecule has 4 heterocycles. The minimum Gasteiger partial charge on any atom is -0.335 e. The molecule has 1 saturated heterocycles. The van der Waals surface area contributed by atoms with Crippen LogP contribution in [0.25, 0.3) is 16.2 Å². The molecule has 1 fully saturated rings. The minimum absolute atomic E-state index is 0.0128. The Morgan fingerprint density at radius 3 is 2.53 bits per heavy atom. The van der Waals surface area contributed by atoms with E-state index in [1.807, 2.05) is 24.3 Å². The van der Waals surface area contributed by atoms with Gasteiger partial charge in [-0.15, -0.1) is 11.3 Å². The molecule has 1 amide bonds. The van der Waals surface area contributed by atoms with Gasteiger partial charge in [-0.2, -0.15) is 18.3 Å². The van der Waals surface area contributed by atoms with Crippen molar-refractivity contribution < 1.29 is 18.0 Å². The number of aromatic nitrogens is 3. The lowest BCUT2D eigenvalue weighted by Crippen LogP contribution is -2.48. The molecule has 0 radical (unpaired) electrons. The van der Waals surface area contributed by atoms with Crippen molar-refractivity contribution in [3.05, 3.63) is 75.9 Å². The van der Waals surface area contributed by atoms with E-state index >= 15 is 0 Å². The van der Waals surface area contributed by atoms with Crippen molar-refractivity contribution in [3.63, 3.8) is 0 Å². The number of amides is 1. The highest BCUT2D eigenvalue weighted by atomic mass is 35.5. The van der Waals surface area contributed by atoms with E-state index in [0.717, 1.165) is 11.6 Å². The van der Waals surface area contributed by atoms with Crippen LogP contribution in [-0.4, -0.2) is 56.5 Å². The van der Waals surface area contributed by atoms with Gasteiger partial charge in [0.15, 0.2) is 17.0 Å². The number of hydrogen-bond acceptors (Lipinski definition) is 5. The van der Waals surface area contributed by atoms with E-state index < -0.39 is 17.8 Å². The Morgan fingerprint density at radius 2 is 1.85 bits per heavy atom. The fourth-order valence-electron chi connectivity index (χ4n) is 4.00. The third-order valence-corrected chi connectivity index (χ3v) is 6.79. The number of alkyl halides is 3. The SMILES string of the molecule is O=C(c1cc2nc(-c3cccs3)cc(C(F)(F)F)n2n1)N1CCN(Cc2cccc(Cl)c2)CC1. The van der Waals surface area contributed by atoms with Gasteiger partial charge in [-0.05, 0) is 35.2 Å². The maximum atomic E-state index is 13.8. The van der Waals surface area contributed by atoms with Crippen LogP contribution in [0, 0.1) is 0 Å². The molecule has 0 bridgehead atoms. The van der Waals surface area contributed by atoms with Crippen molar-refractivity contribution in [2.75, 3.05) is 26.2 Å². The van der Waals surface area contributed by atoms with Crippen LogP contribution in [0.5, 0.6) is 0 Å². The second kappa shape index (κ2) is 9.01. The van der Waals surface area contributed by atoms with Crippen LogP contribution >= 0.6 is 22.9 Å². The number of nitrogens with zero attached hydrogens (tertiary/aromatic N) is 5. The van der Waals surface area contributed by atoms with Crippen molar-refractivity contribution in [3.8, 4) is 10.6 Å². The molecule has 6 nitrogen and oxygen atoms in total. The number of hydrogen-bond donors (Lipinski definition) is 0. The number of halogens is 4. The molecule has 3 aromatic heterocycles. The lowest BCUT2D eigenvalue weighted by Gasteiger charge is -2.34. The standard InChI is InChI=1S/C23H19ClF3N5OS/c24-16-4-1-3-15(11-16)14-30-6-8-31(9-7-30)22(33)18-13-21-28-17(19-5-2-10-34-19)12-20(23(25,26)27)32(21)29-18/h1-5,10-13H,6-9,14H2. The van der Waals surface area contributed by atoms with E-state index in [4.69, 9.17) is 11.6 Å². The Balaban J connectivity index is 1.35. The molecule has 0 spiro atoms. The summed E-state index contributed by atoms with van der Waals surface area (Å²) >= 11 is 7.35. The number of piperazine rings is 1. The zero-order valence-corrected chi connectivity index (χ0v) is 19.4. The summed E-state index contributed by atoms with van der Waals surface area (Å²) in [6, 6.07) is 13.4. The highest BCUT2D eigenvalue weighted by Crippen LogP contribution is 2.33. The molecular formula is C23H19ClF3N5OS. The smallest absolute Gasteiger partial charge is 0.335 e. The fourth-order valence-corrected chi connectivity index (χ4v) is 4.90. The summed E-state index contributed by atoms with van der Waals surface area (Å²) in [6.07, 6.45) is -4.65. The second-order valence-electron chi connectivity index (χ2n) is 8.00. The Hall–Kier alpha value is -2.95. The van der Waals surface area contributed by atoms with E-state index in [2.05, 4.69) is 15.0 Å². The Labute approximate surface area is 202 Å². The number of carbonyl (C=O) groups is 1. The monoisotopic (exact) mass is 505 g/mol. The molecule has 0 saturated carbocycles. The average Bonchev–Trinajstić information content (AvgIpc) is 3.48. The molecule has 34 heavy (non-hydrogen) atoms. The van der Waals surface area contributed by atoms with E-state index in [9.17, 15) is 18.0 Å². The van der Waals surface area contributed by atoms with Gasteiger partial charge in [0.1, 0.15) is 0 Å². The van der Waals surface area contributed by atoms with Crippen LogP contribution in [0.3, 0.4) is 0 Å². The molecular weight excluding hydrogens is 487 g/mol. The molecule has 4 aromatic rings. The minimum atomic E-state index is -4.65. The molecule has 1 aromatic carbocycles. The summed E-state index contributed by atoms with van der Waals surface area (Å²) in [5.74, 6) is -0.404. The van der Waals surface area contributed by atoms with Crippen molar-refractivity contribution in [2.45, 2.75) is 12.7 Å². The molecule has 1 aliphatic heterocycles. The van der Waals surface area contributed by atoms with Crippen LogP contribution in [0.15, 0.2) is 53.9 Å². The van der Waals surface area contributed by atoms with Gasteiger partial charge in [-0.1, -0.05) is 29.8 Å². The quantitative estimate of drug-likeness (QED) is 0.388. The van der Waals surface area contributed by atoms with Crippen LogP contribution < -0.4 is 0 Å². The number of benzene rings is 1. The van der Waals surface area contributed by atoms with Gasteiger partial charge in [-0.3, -0.25) is 9.69 Å². The highest BCUT2D eigenvalue weighted by molar-refractivity contribution is 7.13. The highest BCUT2D eigenvalue weighted by Gasteiger charge is 2.36. The molecule has 176 valence electrons. The Morgan fingerprint density at radius 1 is 1.06 bits per heavy atom. The summed E-state index contributed by atoms with van der Waals surface area (Å²) < 4.78 is 42.0. The normalized spacial score (nSPS) is 15.2. The third kappa shape index (κ3) is 4.66. The van der Waals surface area contributed by atoms with Gasteiger partial charge >= 0.3 is 6.18 Å². The summed E-state index contributed by atoms with van der Waals surface area (Å²) in [5.41, 5.74) is 0.250. The van der Waals surface area contributed by atoms with E-state index in [-0.39, 0.29) is 17.0 Å². The van der Waals surface area contributed by atoms with Crippen LogP contribution in [0.4, 0.5) is 13.2 Å². The Bertz CT molecular complexity index is 1330. The molecule has 5 rings (SSSR count). The van der Waals surface area contributed by atoms with E-state index in [1.165, 1.54) is 17.4 Å². The first kappa shape index (κ1) is 22.8. The molecule has 11 heteroatoms. The molecule has 0 atom stereocenters. The van der Waals surface area contributed by atoms with Crippen molar-refractivity contribution >= 4 is 34.5 Å². The van der Waals surface area contributed by atoms with Gasteiger partial charge in [0, 0.05) is 43.8 Å². The zero-order valence-electron chi connectivity index (χ0n) is 17.8. The lowest BCUT2D eigenvalue weighted by atomic mass is 10.2. The van der Waals surface area contributed by atoms with Crippen molar-refractivity contribution in [1.82, 2.24) is 24.4 Å². The van der Waals surface area contributed by atoms with E-state index in [0.29, 0.717) is 47.1 Å². The van der Waals surface area contributed by atoms with Gasteiger partial charge in [0.25, 0.3) is 5.91 Å². The fraction of sp³-hybridized carbons (Fsp3) is 0.261. The first-order chi connectivity index (χ1) is 16.3. The predicted molar refractivity (Wildman–Crippen MR) is 124 cm³/mol. The molecule has 1 aliphatic rings. The van der Waals surface area contributed by atoms with Gasteiger partial charge in [-0.25, -0.2) is 9.50 Å². The molecule has 0 N–H and O–H groups in total. The van der Waals surface area contributed by atoms with E-state index in [1.54, 1.807) is 22.4 Å². The van der Waals surface area contributed by atoms with Gasteiger partial charge in [0.05, 0.1) is 10.6 Å². The second-order valence-corrected chi connectivity index (χ2v) is 9.38. The summed E-state index contributed by atoms with van der Waals surface area (Å²) in [4.78, 5) is 21.8. The first-order valence-corrected chi connectivity index (χ1v) is 11.8. The van der Waals surface area contributed by atoms with Gasteiger partial charge < -0.3 is 4.90 Å². The van der Waals surface area contributed by atoms with Crippen LogP contribution in [0.2, 0.25) is 5.02 Å². The number of fused-ring (bicyclic) bond motifs is 1. The van der Waals surface area contributed by atoms with Crippen LogP contribution in [0.1, 0.15) is 21.7 Å². The largest absolute Gasteiger partial charge is 0.433 e. The molecule has 0 unspecified atom stereocenters. The van der Waals surface area contributed by atoms with Crippen molar-refractivity contribution in [2.24, 2.45) is 0 Å². The maximum absolute atomic E-state index is 13.8. The lowest BCUT2D eigenvalue weighted by molar-refractivity contribution is -0.142. The van der Waals surface area contributed by atoms with Crippen molar-refractivity contribution in [1.29, 1.82) is 0 Å².